The van der Waals surface area contributed by atoms with Gasteiger partial charge < -0.3 is 14.8 Å². The van der Waals surface area contributed by atoms with E-state index in [1.807, 2.05) is 32.0 Å². The number of amides is 1. The normalized spacial score (nSPS) is 11.8. The zero-order chi connectivity index (χ0) is 13.5. The predicted molar refractivity (Wildman–Crippen MR) is 71.1 cm³/mol. The highest BCUT2D eigenvalue weighted by molar-refractivity contribution is 5.79. The molecule has 0 aromatic heterocycles. The quantitative estimate of drug-likeness (QED) is 0.842. The van der Waals surface area contributed by atoms with Gasteiger partial charge in [0.05, 0.1) is 20.6 Å². The van der Waals surface area contributed by atoms with Crippen LogP contribution in [0.1, 0.15) is 25.8 Å². The molecule has 4 nitrogen and oxygen atoms in total. The van der Waals surface area contributed by atoms with Crippen LogP contribution in [0.15, 0.2) is 18.2 Å². The van der Waals surface area contributed by atoms with Crippen molar-refractivity contribution in [3.8, 4) is 11.5 Å². The maximum Gasteiger partial charge on any atom is 0.224 e. The van der Waals surface area contributed by atoms with E-state index in [2.05, 4.69) is 5.32 Å². The summed E-state index contributed by atoms with van der Waals surface area (Å²) in [6, 6.07) is 5.72. The molecule has 0 spiro atoms. The zero-order valence-corrected chi connectivity index (χ0v) is 11.4. The molecule has 0 radical (unpaired) electrons. The number of carbonyl (C=O) groups excluding carboxylic acids is 1. The van der Waals surface area contributed by atoms with Crippen LogP contribution < -0.4 is 14.8 Å². The van der Waals surface area contributed by atoms with Crippen molar-refractivity contribution in [2.45, 2.75) is 32.7 Å². The molecular formula is C14H21NO3. The SMILES string of the molecule is CC[C@H](C)NC(=O)Cc1ccc(OC)c(OC)c1. The van der Waals surface area contributed by atoms with E-state index in [1.165, 1.54) is 0 Å². The highest BCUT2D eigenvalue weighted by Gasteiger charge is 2.09. The summed E-state index contributed by atoms with van der Waals surface area (Å²) in [5, 5.41) is 2.93. The van der Waals surface area contributed by atoms with E-state index < -0.39 is 0 Å². The van der Waals surface area contributed by atoms with Crippen molar-refractivity contribution in [1.29, 1.82) is 0 Å². The fourth-order valence-electron chi connectivity index (χ4n) is 1.60. The summed E-state index contributed by atoms with van der Waals surface area (Å²) in [5.74, 6) is 1.34. The number of benzene rings is 1. The van der Waals surface area contributed by atoms with Crippen molar-refractivity contribution in [3.05, 3.63) is 23.8 Å². The van der Waals surface area contributed by atoms with Crippen LogP contribution in [0.4, 0.5) is 0 Å². The summed E-state index contributed by atoms with van der Waals surface area (Å²) in [7, 11) is 3.17. The first-order chi connectivity index (χ1) is 8.60. The third-order valence-corrected chi connectivity index (χ3v) is 2.83. The summed E-state index contributed by atoms with van der Waals surface area (Å²) in [6.45, 7) is 4.04. The zero-order valence-electron chi connectivity index (χ0n) is 11.4. The molecule has 0 unspecified atom stereocenters. The minimum absolute atomic E-state index is 0.0246. The number of carbonyl (C=O) groups is 1. The number of nitrogens with one attached hydrogen (secondary N) is 1. The molecule has 0 aliphatic rings. The van der Waals surface area contributed by atoms with Crippen molar-refractivity contribution in [1.82, 2.24) is 5.32 Å². The maximum atomic E-state index is 11.8. The number of ether oxygens (including phenoxy) is 2. The van der Waals surface area contributed by atoms with Crippen LogP contribution in [0.3, 0.4) is 0 Å². The van der Waals surface area contributed by atoms with Crippen molar-refractivity contribution in [3.63, 3.8) is 0 Å². The van der Waals surface area contributed by atoms with Gasteiger partial charge in [0.25, 0.3) is 0 Å². The van der Waals surface area contributed by atoms with Crippen LogP contribution >= 0.6 is 0 Å². The Labute approximate surface area is 108 Å². The molecule has 100 valence electrons. The van der Waals surface area contributed by atoms with Gasteiger partial charge in [-0.15, -0.1) is 0 Å². The highest BCUT2D eigenvalue weighted by Crippen LogP contribution is 2.27. The lowest BCUT2D eigenvalue weighted by molar-refractivity contribution is -0.121. The van der Waals surface area contributed by atoms with Crippen LogP contribution in [0.25, 0.3) is 0 Å². The summed E-state index contributed by atoms with van der Waals surface area (Å²) < 4.78 is 10.4. The lowest BCUT2D eigenvalue weighted by Gasteiger charge is -2.12. The Morgan fingerprint density at radius 3 is 2.50 bits per heavy atom. The van der Waals surface area contributed by atoms with Gasteiger partial charge in [0.1, 0.15) is 0 Å². The minimum Gasteiger partial charge on any atom is -0.493 e. The molecule has 1 aromatic rings. The smallest absolute Gasteiger partial charge is 0.224 e. The molecular weight excluding hydrogens is 230 g/mol. The predicted octanol–water partition coefficient (Wildman–Crippen LogP) is 2.16. The van der Waals surface area contributed by atoms with Crippen LogP contribution in [0.5, 0.6) is 11.5 Å². The number of methoxy groups -OCH3 is 2. The van der Waals surface area contributed by atoms with Crippen LogP contribution in [-0.2, 0) is 11.2 Å². The summed E-state index contributed by atoms with van der Waals surface area (Å²) >= 11 is 0. The molecule has 18 heavy (non-hydrogen) atoms. The van der Waals surface area contributed by atoms with Gasteiger partial charge in [0, 0.05) is 6.04 Å². The Bertz CT molecular complexity index is 404. The average Bonchev–Trinajstić information content (AvgIpc) is 2.38. The van der Waals surface area contributed by atoms with Crippen molar-refractivity contribution >= 4 is 5.91 Å². The van der Waals surface area contributed by atoms with Crippen LogP contribution in [-0.4, -0.2) is 26.2 Å². The van der Waals surface area contributed by atoms with Gasteiger partial charge in [0.2, 0.25) is 5.91 Å². The number of rotatable bonds is 6. The van der Waals surface area contributed by atoms with Gasteiger partial charge in [-0.2, -0.15) is 0 Å². The first-order valence-corrected chi connectivity index (χ1v) is 6.11. The lowest BCUT2D eigenvalue weighted by Crippen LogP contribution is -2.33. The Morgan fingerprint density at radius 1 is 1.28 bits per heavy atom. The molecule has 1 aromatic carbocycles. The lowest BCUT2D eigenvalue weighted by atomic mass is 10.1. The summed E-state index contributed by atoms with van der Waals surface area (Å²) in [5.41, 5.74) is 0.911. The van der Waals surface area contributed by atoms with Gasteiger partial charge >= 0.3 is 0 Å². The Balaban J connectivity index is 2.70. The molecule has 0 saturated heterocycles. The topological polar surface area (TPSA) is 47.6 Å². The van der Waals surface area contributed by atoms with Gasteiger partial charge in [-0.1, -0.05) is 13.0 Å². The fourth-order valence-corrected chi connectivity index (χ4v) is 1.60. The van der Waals surface area contributed by atoms with Gasteiger partial charge in [-0.25, -0.2) is 0 Å². The van der Waals surface area contributed by atoms with Crippen molar-refractivity contribution in [2.75, 3.05) is 14.2 Å². The highest BCUT2D eigenvalue weighted by atomic mass is 16.5. The average molecular weight is 251 g/mol. The van der Waals surface area contributed by atoms with Crippen molar-refractivity contribution in [2.24, 2.45) is 0 Å². The standard InChI is InChI=1S/C14H21NO3/c1-5-10(2)15-14(16)9-11-6-7-12(17-3)13(8-11)18-4/h6-8,10H,5,9H2,1-4H3,(H,15,16)/t10-/m0/s1. The van der Waals surface area contributed by atoms with E-state index in [1.54, 1.807) is 14.2 Å². The molecule has 0 aliphatic heterocycles. The first-order valence-electron chi connectivity index (χ1n) is 6.11. The van der Waals surface area contributed by atoms with Gasteiger partial charge in [-0.05, 0) is 31.0 Å². The third kappa shape index (κ3) is 3.95. The van der Waals surface area contributed by atoms with E-state index in [0.29, 0.717) is 17.9 Å². The van der Waals surface area contributed by atoms with E-state index in [-0.39, 0.29) is 11.9 Å². The van der Waals surface area contributed by atoms with E-state index in [4.69, 9.17) is 9.47 Å². The first kappa shape index (κ1) is 14.4. The van der Waals surface area contributed by atoms with Gasteiger partial charge in [-0.3, -0.25) is 4.79 Å². The molecule has 1 rings (SSSR count). The summed E-state index contributed by atoms with van der Waals surface area (Å²) in [6.07, 6.45) is 1.28. The second kappa shape index (κ2) is 6.89. The third-order valence-electron chi connectivity index (χ3n) is 2.83. The summed E-state index contributed by atoms with van der Waals surface area (Å²) in [4.78, 5) is 11.8. The Hall–Kier alpha value is -1.71. The Morgan fingerprint density at radius 2 is 1.94 bits per heavy atom. The number of hydrogen-bond donors (Lipinski definition) is 1. The van der Waals surface area contributed by atoms with Crippen LogP contribution in [0, 0.1) is 0 Å². The minimum atomic E-state index is 0.0246. The molecule has 1 N–H and O–H groups in total. The van der Waals surface area contributed by atoms with Gasteiger partial charge in [0.15, 0.2) is 11.5 Å². The molecule has 0 saturated carbocycles. The maximum absolute atomic E-state index is 11.8. The second-order valence-electron chi connectivity index (χ2n) is 4.24. The molecule has 4 heteroatoms. The van der Waals surface area contributed by atoms with Crippen LogP contribution in [0.2, 0.25) is 0 Å². The second-order valence-corrected chi connectivity index (χ2v) is 4.24. The van der Waals surface area contributed by atoms with E-state index in [0.717, 1.165) is 12.0 Å². The molecule has 0 heterocycles. The molecule has 0 aliphatic carbocycles. The Kier molecular flexibility index (Phi) is 5.49. The van der Waals surface area contributed by atoms with E-state index in [9.17, 15) is 4.79 Å². The molecule has 1 atom stereocenters. The molecule has 0 fully saturated rings. The van der Waals surface area contributed by atoms with Crippen molar-refractivity contribution < 1.29 is 14.3 Å². The molecule has 1 amide bonds. The molecule has 0 bridgehead atoms. The monoisotopic (exact) mass is 251 g/mol. The fraction of sp³-hybridized carbons (Fsp3) is 0.500. The number of hydrogen-bond acceptors (Lipinski definition) is 3. The van der Waals surface area contributed by atoms with E-state index >= 15 is 0 Å². The largest absolute Gasteiger partial charge is 0.493 e.